The maximum atomic E-state index is 13.5. The number of esters is 1. The lowest BCUT2D eigenvalue weighted by atomic mass is 10.1. The van der Waals surface area contributed by atoms with Crippen molar-refractivity contribution in [1.82, 2.24) is 19.7 Å². The molecule has 3 N–H and O–H groups in total. The van der Waals surface area contributed by atoms with Crippen molar-refractivity contribution in [2.24, 2.45) is 0 Å². The molecule has 2 amide bonds. The molecule has 0 saturated heterocycles. The van der Waals surface area contributed by atoms with Crippen LogP contribution in [0.25, 0.3) is 27.7 Å². The summed E-state index contributed by atoms with van der Waals surface area (Å²) in [6, 6.07) is 36.8. The third-order valence-electron chi connectivity index (χ3n) is 8.10. The van der Waals surface area contributed by atoms with Crippen LogP contribution < -0.4 is 25.4 Å². The number of carbonyl (C=O) groups excluding carboxylic acids is 2. The summed E-state index contributed by atoms with van der Waals surface area (Å²) in [5, 5.41) is 15.4. The molecule has 0 saturated carbocycles. The van der Waals surface area contributed by atoms with Crippen LogP contribution in [0, 0.1) is 6.92 Å². The van der Waals surface area contributed by atoms with Gasteiger partial charge in [-0.2, -0.15) is 10.1 Å². The topological polar surface area (TPSA) is 142 Å². The Morgan fingerprint density at radius 3 is 2.31 bits per heavy atom. The van der Waals surface area contributed by atoms with Gasteiger partial charge in [-0.25, -0.2) is 19.3 Å². The molecule has 0 aliphatic heterocycles. The molecule has 0 aliphatic rings. The van der Waals surface area contributed by atoms with E-state index in [0.29, 0.717) is 34.3 Å². The molecule has 0 atom stereocenters. The number of nitrogens with zero attached hydrogens (tertiary/aromatic N) is 4. The Bertz CT molecular complexity index is 2400. The van der Waals surface area contributed by atoms with E-state index in [1.807, 2.05) is 91.9 Å². The molecule has 2 heterocycles. The van der Waals surface area contributed by atoms with Gasteiger partial charge in [-0.05, 0) is 43.3 Å². The summed E-state index contributed by atoms with van der Waals surface area (Å²) in [5.41, 5.74) is 4.99. The van der Waals surface area contributed by atoms with Crippen LogP contribution in [0.4, 0.5) is 27.9 Å². The second-order valence-electron chi connectivity index (χ2n) is 11.7. The number of hydrogen-bond acceptors (Lipinski definition) is 9. The van der Waals surface area contributed by atoms with Crippen molar-refractivity contribution in [2.75, 3.05) is 30.2 Å². The first-order valence-electron chi connectivity index (χ1n) is 16.2. The van der Waals surface area contributed by atoms with Gasteiger partial charge in [0.2, 0.25) is 11.8 Å². The van der Waals surface area contributed by atoms with Crippen molar-refractivity contribution < 1.29 is 23.8 Å². The van der Waals surface area contributed by atoms with E-state index in [9.17, 15) is 9.59 Å². The van der Waals surface area contributed by atoms with E-state index >= 15 is 0 Å². The molecule has 0 bridgehead atoms. The number of amides is 2. The molecule has 0 radical (unpaired) electrons. The fraction of sp³-hybridized carbons (Fsp3) is 0.0750. The maximum Gasteiger partial charge on any atom is 0.338 e. The van der Waals surface area contributed by atoms with E-state index in [1.54, 1.807) is 47.3 Å². The number of urea groups is 1. The van der Waals surface area contributed by atoms with Crippen LogP contribution in [0.1, 0.15) is 15.9 Å². The molecular weight excluding hydrogens is 658 g/mol. The Hall–Kier alpha value is -7.21. The lowest BCUT2D eigenvalue weighted by molar-refractivity contribution is 0.0600. The lowest BCUT2D eigenvalue weighted by Gasteiger charge is -2.14. The molecular formula is C40H33N7O5. The number of rotatable bonds is 10. The number of aryl methyl sites for hydroxylation is 1. The molecule has 0 unspecified atom stereocenters. The standard InChI is InChI=1S/C40H33N7O5/c1-25-13-15-29(16-14-25)47-36(24-34(46-47)26-9-5-4-6-10-26)44-40(49)43-33-17-18-35(32-12-8-7-11-31(32)33)52-37-19-20-41-39(45-37)42-28-21-27(38(48)51-3)22-30(23-28)50-2/h4-24H,1-3H3,(H,41,42,45)(H2,43,44,49). The number of hydrogen-bond donors (Lipinski definition) is 3. The van der Waals surface area contributed by atoms with E-state index in [-0.39, 0.29) is 11.8 Å². The average Bonchev–Trinajstić information content (AvgIpc) is 3.59. The SMILES string of the molecule is COC(=O)c1cc(Nc2nccc(Oc3ccc(NC(=O)Nc4cc(-c5ccccc5)nn4-c4ccc(C)cc4)c4ccccc34)n2)cc(OC)c1. The minimum atomic E-state index is -0.506. The molecule has 12 nitrogen and oxygen atoms in total. The van der Waals surface area contributed by atoms with Crippen LogP contribution in [-0.4, -0.2) is 46.0 Å². The number of carbonyl (C=O) groups is 2. The van der Waals surface area contributed by atoms with Gasteiger partial charge in [0.25, 0.3) is 0 Å². The third-order valence-corrected chi connectivity index (χ3v) is 8.10. The van der Waals surface area contributed by atoms with Crippen molar-refractivity contribution in [3.63, 3.8) is 0 Å². The average molecular weight is 692 g/mol. The Morgan fingerprint density at radius 2 is 1.54 bits per heavy atom. The molecule has 0 aliphatic carbocycles. The number of nitrogens with one attached hydrogen (secondary N) is 3. The van der Waals surface area contributed by atoms with Gasteiger partial charge < -0.3 is 24.8 Å². The molecule has 52 heavy (non-hydrogen) atoms. The Morgan fingerprint density at radius 1 is 0.769 bits per heavy atom. The van der Waals surface area contributed by atoms with Gasteiger partial charge in [0.1, 0.15) is 17.3 Å². The summed E-state index contributed by atoms with van der Waals surface area (Å²) in [7, 11) is 2.82. The number of methoxy groups -OCH3 is 2. The van der Waals surface area contributed by atoms with Gasteiger partial charge in [0, 0.05) is 46.4 Å². The van der Waals surface area contributed by atoms with E-state index in [1.165, 1.54) is 14.2 Å². The highest BCUT2D eigenvalue weighted by Crippen LogP contribution is 2.35. The fourth-order valence-corrected chi connectivity index (χ4v) is 5.57. The second-order valence-corrected chi connectivity index (χ2v) is 11.7. The lowest BCUT2D eigenvalue weighted by Crippen LogP contribution is -2.21. The quantitative estimate of drug-likeness (QED) is 0.120. The first-order valence-corrected chi connectivity index (χ1v) is 16.2. The molecule has 0 fully saturated rings. The summed E-state index contributed by atoms with van der Waals surface area (Å²) in [6.45, 7) is 2.02. The molecule has 2 aromatic heterocycles. The van der Waals surface area contributed by atoms with Gasteiger partial charge in [0.05, 0.1) is 36.9 Å². The number of fused-ring (bicyclic) bond motifs is 1. The molecule has 258 valence electrons. The van der Waals surface area contributed by atoms with Crippen molar-refractivity contribution >= 4 is 45.9 Å². The van der Waals surface area contributed by atoms with Gasteiger partial charge in [-0.1, -0.05) is 72.3 Å². The summed E-state index contributed by atoms with van der Waals surface area (Å²) in [5.74, 6) is 1.49. The normalized spacial score (nSPS) is 10.8. The van der Waals surface area contributed by atoms with Gasteiger partial charge in [-0.15, -0.1) is 0 Å². The van der Waals surface area contributed by atoms with E-state index < -0.39 is 12.0 Å². The number of benzene rings is 5. The monoisotopic (exact) mass is 691 g/mol. The zero-order valence-electron chi connectivity index (χ0n) is 28.5. The highest BCUT2D eigenvalue weighted by molar-refractivity contribution is 6.07. The summed E-state index contributed by atoms with van der Waals surface area (Å²) in [4.78, 5) is 34.5. The van der Waals surface area contributed by atoms with E-state index in [0.717, 1.165) is 33.3 Å². The zero-order chi connectivity index (χ0) is 36.0. The van der Waals surface area contributed by atoms with Crippen LogP contribution in [0.5, 0.6) is 17.4 Å². The van der Waals surface area contributed by atoms with Crippen LogP contribution in [-0.2, 0) is 4.74 Å². The highest BCUT2D eigenvalue weighted by atomic mass is 16.5. The van der Waals surface area contributed by atoms with Crippen molar-refractivity contribution in [3.05, 3.63) is 139 Å². The number of anilines is 4. The summed E-state index contributed by atoms with van der Waals surface area (Å²) >= 11 is 0. The summed E-state index contributed by atoms with van der Waals surface area (Å²) < 4.78 is 18.1. The summed E-state index contributed by atoms with van der Waals surface area (Å²) in [6.07, 6.45) is 1.55. The van der Waals surface area contributed by atoms with Crippen molar-refractivity contribution in [1.29, 1.82) is 0 Å². The minimum absolute atomic E-state index is 0.237. The van der Waals surface area contributed by atoms with Gasteiger partial charge >= 0.3 is 12.0 Å². The molecule has 7 aromatic rings. The van der Waals surface area contributed by atoms with Crippen LogP contribution in [0.2, 0.25) is 0 Å². The fourth-order valence-electron chi connectivity index (χ4n) is 5.57. The molecule has 12 heteroatoms. The predicted octanol–water partition coefficient (Wildman–Crippen LogP) is 8.77. The third kappa shape index (κ3) is 7.36. The first kappa shape index (κ1) is 33.3. The van der Waals surface area contributed by atoms with E-state index in [4.69, 9.17) is 19.3 Å². The Balaban J connectivity index is 1.12. The van der Waals surface area contributed by atoms with Crippen molar-refractivity contribution in [2.45, 2.75) is 6.92 Å². The van der Waals surface area contributed by atoms with Crippen LogP contribution in [0.3, 0.4) is 0 Å². The zero-order valence-corrected chi connectivity index (χ0v) is 28.5. The van der Waals surface area contributed by atoms with Crippen LogP contribution >= 0.6 is 0 Å². The molecule has 0 spiro atoms. The minimum Gasteiger partial charge on any atom is -0.497 e. The van der Waals surface area contributed by atoms with Crippen LogP contribution in [0.15, 0.2) is 128 Å². The Labute approximate surface area is 299 Å². The maximum absolute atomic E-state index is 13.5. The largest absolute Gasteiger partial charge is 0.497 e. The van der Waals surface area contributed by atoms with E-state index in [2.05, 4.69) is 25.9 Å². The van der Waals surface area contributed by atoms with Gasteiger partial charge in [0.15, 0.2) is 0 Å². The van der Waals surface area contributed by atoms with Crippen molar-refractivity contribution in [3.8, 4) is 34.3 Å². The molecule has 7 rings (SSSR count). The highest BCUT2D eigenvalue weighted by Gasteiger charge is 2.17. The first-order chi connectivity index (χ1) is 25.4. The second kappa shape index (κ2) is 14.7. The Kier molecular flexibility index (Phi) is 9.43. The van der Waals surface area contributed by atoms with Gasteiger partial charge in [-0.3, -0.25) is 5.32 Å². The molecule has 5 aromatic carbocycles. The number of aromatic nitrogens is 4. The smallest absolute Gasteiger partial charge is 0.338 e. The number of ether oxygens (including phenoxy) is 3. The predicted molar refractivity (Wildman–Crippen MR) is 200 cm³/mol.